The molecule has 0 aliphatic rings. The zero-order valence-corrected chi connectivity index (χ0v) is 11.6. The molecular formula is C14H18N4O2. The molecule has 2 aromatic heterocycles. The van der Waals surface area contributed by atoms with Crippen LogP contribution in [0.1, 0.15) is 31.7 Å². The molecule has 0 fully saturated rings. The van der Waals surface area contributed by atoms with Crippen molar-refractivity contribution >= 4 is 17.6 Å². The Labute approximate surface area is 117 Å². The Hall–Kier alpha value is -2.50. The first-order chi connectivity index (χ1) is 9.58. The maximum absolute atomic E-state index is 10.5. The van der Waals surface area contributed by atoms with Crippen LogP contribution in [-0.4, -0.2) is 31.5 Å². The lowest BCUT2D eigenvalue weighted by Crippen LogP contribution is -1.93. The number of nitrogens with zero attached hydrogens (tertiary/aromatic N) is 2. The SMILES string of the molecule is CC(=O)/C=C/c1cnc[nH]1.CC(=O)CCc1cnc[nH]1. The molecule has 2 rings (SSSR count). The minimum absolute atomic E-state index is 0.0367. The number of rotatable bonds is 5. The molecule has 0 spiro atoms. The Morgan fingerprint density at radius 1 is 1.15 bits per heavy atom. The van der Waals surface area contributed by atoms with E-state index in [-0.39, 0.29) is 11.6 Å². The number of ketones is 2. The minimum Gasteiger partial charge on any atom is -0.348 e. The highest BCUT2D eigenvalue weighted by Gasteiger charge is 1.95. The van der Waals surface area contributed by atoms with Gasteiger partial charge in [-0.1, -0.05) is 0 Å². The van der Waals surface area contributed by atoms with Gasteiger partial charge in [-0.05, 0) is 32.4 Å². The van der Waals surface area contributed by atoms with Gasteiger partial charge in [0.1, 0.15) is 5.78 Å². The van der Waals surface area contributed by atoms with Crippen LogP contribution in [0.3, 0.4) is 0 Å². The highest BCUT2D eigenvalue weighted by Crippen LogP contribution is 1.96. The number of nitrogens with one attached hydrogen (secondary N) is 2. The number of aromatic nitrogens is 4. The molecule has 0 atom stereocenters. The first kappa shape index (κ1) is 15.6. The maximum Gasteiger partial charge on any atom is 0.152 e. The molecule has 0 unspecified atom stereocenters. The molecular weight excluding hydrogens is 256 g/mol. The summed E-state index contributed by atoms with van der Waals surface area (Å²) in [6.45, 7) is 3.10. The number of carbonyl (C=O) groups excluding carboxylic acids is 2. The quantitative estimate of drug-likeness (QED) is 0.815. The average Bonchev–Trinajstić information content (AvgIpc) is 3.08. The van der Waals surface area contributed by atoms with Crippen LogP contribution < -0.4 is 0 Å². The Kier molecular flexibility index (Phi) is 6.67. The van der Waals surface area contributed by atoms with Crippen molar-refractivity contribution in [3.63, 3.8) is 0 Å². The lowest BCUT2D eigenvalue weighted by molar-refractivity contribution is -0.117. The molecule has 20 heavy (non-hydrogen) atoms. The molecule has 2 aromatic rings. The molecule has 0 amide bonds. The highest BCUT2D eigenvalue weighted by atomic mass is 16.1. The third kappa shape index (κ3) is 7.05. The summed E-state index contributed by atoms with van der Waals surface area (Å²) in [6, 6.07) is 0. The summed E-state index contributed by atoms with van der Waals surface area (Å²) in [4.78, 5) is 34.3. The van der Waals surface area contributed by atoms with Gasteiger partial charge in [0.15, 0.2) is 5.78 Å². The van der Waals surface area contributed by atoms with Crippen molar-refractivity contribution in [1.82, 2.24) is 19.9 Å². The van der Waals surface area contributed by atoms with Gasteiger partial charge in [-0.2, -0.15) is 0 Å². The van der Waals surface area contributed by atoms with E-state index in [2.05, 4.69) is 19.9 Å². The van der Waals surface area contributed by atoms with Crippen molar-refractivity contribution in [2.75, 3.05) is 0 Å². The van der Waals surface area contributed by atoms with E-state index < -0.39 is 0 Å². The van der Waals surface area contributed by atoms with E-state index in [0.29, 0.717) is 6.42 Å². The van der Waals surface area contributed by atoms with Crippen molar-refractivity contribution in [2.45, 2.75) is 26.7 Å². The smallest absolute Gasteiger partial charge is 0.152 e. The van der Waals surface area contributed by atoms with E-state index in [9.17, 15) is 9.59 Å². The van der Waals surface area contributed by atoms with Gasteiger partial charge in [0.2, 0.25) is 0 Å². The highest BCUT2D eigenvalue weighted by molar-refractivity contribution is 5.91. The molecule has 0 aliphatic carbocycles. The van der Waals surface area contributed by atoms with Crippen molar-refractivity contribution in [3.8, 4) is 0 Å². The van der Waals surface area contributed by atoms with Crippen LogP contribution in [0.4, 0.5) is 0 Å². The number of allylic oxidation sites excluding steroid dienone is 1. The van der Waals surface area contributed by atoms with Crippen molar-refractivity contribution in [3.05, 3.63) is 42.5 Å². The summed E-state index contributed by atoms with van der Waals surface area (Å²) >= 11 is 0. The van der Waals surface area contributed by atoms with Crippen LogP contribution in [0, 0.1) is 0 Å². The van der Waals surface area contributed by atoms with E-state index in [1.54, 1.807) is 38.0 Å². The molecule has 0 radical (unpaired) electrons. The van der Waals surface area contributed by atoms with Crippen molar-refractivity contribution in [2.24, 2.45) is 0 Å². The zero-order chi connectivity index (χ0) is 14.8. The van der Waals surface area contributed by atoms with E-state index in [1.807, 2.05) is 0 Å². The zero-order valence-electron chi connectivity index (χ0n) is 11.6. The van der Waals surface area contributed by atoms with E-state index >= 15 is 0 Å². The summed E-state index contributed by atoms with van der Waals surface area (Å²) < 4.78 is 0. The number of H-pyrrole nitrogens is 2. The second kappa shape index (κ2) is 8.58. The van der Waals surface area contributed by atoms with Crippen molar-refractivity contribution in [1.29, 1.82) is 0 Å². The second-order valence-electron chi connectivity index (χ2n) is 4.23. The van der Waals surface area contributed by atoms with Gasteiger partial charge >= 0.3 is 0 Å². The van der Waals surface area contributed by atoms with Crippen LogP contribution in [0.5, 0.6) is 0 Å². The molecule has 0 saturated heterocycles. The lowest BCUT2D eigenvalue weighted by Gasteiger charge is -1.90. The topological polar surface area (TPSA) is 91.5 Å². The minimum atomic E-state index is 0.0367. The molecule has 0 bridgehead atoms. The van der Waals surface area contributed by atoms with Crippen molar-refractivity contribution < 1.29 is 9.59 Å². The van der Waals surface area contributed by atoms with E-state index in [0.717, 1.165) is 17.8 Å². The predicted molar refractivity (Wildman–Crippen MR) is 75.9 cm³/mol. The Bertz CT molecular complexity index is 542. The van der Waals surface area contributed by atoms with Gasteiger partial charge < -0.3 is 14.8 Å². The predicted octanol–water partition coefficient (Wildman–Crippen LogP) is 1.94. The van der Waals surface area contributed by atoms with Gasteiger partial charge in [-0.15, -0.1) is 0 Å². The number of hydrogen-bond donors (Lipinski definition) is 2. The number of aryl methyl sites for hydroxylation is 1. The molecule has 0 aliphatic heterocycles. The number of imidazole rings is 2. The number of aromatic amines is 2. The summed E-state index contributed by atoms with van der Waals surface area (Å²) in [5.41, 5.74) is 1.87. The summed E-state index contributed by atoms with van der Waals surface area (Å²) in [7, 11) is 0. The number of hydrogen-bond acceptors (Lipinski definition) is 4. The summed E-state index contributed by atoms with van der Waals surface area (Å²) in [5.74, 6) is 0.254. The summed E-state index contributed by atoms with van der Waals surface area (Å²) in [6.07, 6.45) is 11.1. The molecule has 0 aromatic carbocycles. The Morgan fingerprint density at radius 2 is 1.85 bits per heavy atom. The fraction of sp³-hybridized carbons (Fsp3) is 0.286. The third-order valence-corrected chi connectivity index (χ3v) is 2.32. The molecule has 2 N–H and O–H groups in total. The average molecular weight is 274 g/mol. The standard InChI is InChI=1S/C7H10N2O.C7H8N2O/c2*1-6(10)2-3-7-4-8-5-9-7/h4-5H,2-3H2,1H3,(H,8,9);2-5H,1H3,(H,8,9)/b;3-2+. The molecule has 6 nitrogen and oxygen atoms in total. The van der Waals surface area contributed by atoms with Gasteiger partial charge in [0, 0.05) is 18.3 Å². The van der Waals surface area contributed by atoms with Gasteiger partial charge in [0.05, 0.1) is 24.5 Å². The first-order valence-corrected chi connectivity index (χ1v) is 6.21. The lowest BCUT2D eigenvalue weighted by atomic mass is 10.2. The molecule has 106 valence electrons. The van der Waals surface area contributed by atoms with Crippen LogP contribution >= 0.6 is 0 Å². The molecule has 0 saturated carbocycles. The monoisotopic (exact) mass is 274 g/mol. The number of carbonyl (C=O) groups is 2. The van der Waals surface area contributed by atoms with Gasteiger partial charge in [-0.3, -0.25) is 4.79 Å². The van der Waals surface area contributed by atoms with Crippen LogP contribution in [0.15, 0.2) is 31.1 Å². The largest absolute Gasteiger partial charge is 0.348 e. The fourth-order valence-corrected chi connectivity index (χ4v) is 1.30. The van der Waals surface area contributed by atoms with E-state index in [1.165, 1.54) is 13.0 Å². The Balaban J connectivity index is 0.000000200. The fourth-order valence-electron chi connectivity index (χ4n) is 1.30. The summed E-state index contributed by atoms with van der Waals surface area (Å²) in [5, 5.41) is 0. The first-order valence-electron chi connectivity index (χ1n) is 6.21. The third-order valence-electron chi connectivity index (χ3n) is 2.32. The van der Waals surface area contributed by atoms with Crippen LogP contribution in [0.2, 0.25) is 0 Å². The molecule has 6 heteroatoms. The number of Topliss-reactive ketones (excluding diaryl/α,β-unsaturated/α-hetero) is 1. The van der Waals surface area contributed by atoms with Crippen LogP contribution in [-0.2, 0) is 16.0 Å². The van der Waals surface area contributed by atoms with E-state index in [4.69, 9.17) is 0 Å². The van der Waals surface area contributed by atoms with Gasteiger partial charge in [0.25, 0.3) is 0 Å². The second-order valence-corrected chi connectivity index (χ2v) is 4.23. The normalized spacial score (nSPS) is 10.1. The Morgan fingerprint density at radius 3 is 2.35 bits per heavy atom. The molecule has 2 heterocycles. The maximum atomic E-state index is 10.5. The van der Waals surface area contributed by atoms with Gasteiger partial charge in [-0.25, -0.2) is 9.97 Å². The van der Waals surface area contributed by atoms with Crippen LogP contribution in [0.25, 0.3) is 6.08 Å².